The molecule has 150 valence electrons. The van der Waals surface area contributed by atoms with E-state index in [2.05, 4.69) is 27.3 Å². The van der Waals surface area contributed by atoms with Crippen molar-refractivity contribution in [2.24, 2.45) is 0 Å². The average molecular weight is 489 g/mol. The van der Waals surface area contributed by atoms with E-state index in [-0.39, 0.29) is 11.9 Å². The largest absolute Gasteiger partial charge is 0.444 e. The van der Waals surface area contributed by atoms with E-state index < -0.39 is 5.60 Å². The molecular weight excluding hydrogens is 461 g/mol. The molecule has 0 aromatic carbocycles. The Morgan fingerprint density at radius 3 is 2.56 bits per heavy atom. The van der Waals surface area contributed by atoms with Gasteiger partial charge in [-0.2, -0.15) is 5.10 Å². The Labute approximate surface area is 173 Å². The molecule has 0 bridgehead atoms. The van der Waals surface area contributed by atoms with Gasteiger partial charge in [0.1, 0.15) is 9.30 Å². The lowest BCUT2D eigenvalue weighted by molar-refractivity contribution is -0.181. The summed E-state index contributed by atoms with van der Waals surface area (Å²) in [5, 5.41) is 4.84. The first-order chi connectivity index (χ1) is 12.8. The predicted octanol–water partition coefficient (Wildman–Crippen LogP) is 3.64. The van der Waals surface area contributed by atoms with Crippen LogP contribution >= 0.6 is 22.6 Å². The fourth-order valence-corrected chi connectivity index (χ4v) is 4.98. The van der Waals surface area contributed by atoms with Gasteiger partial charge in [0.2, 0.25) is 0 Å². The van der Waals surface area contributed by atoms with Crippen molar-refractivity contribution in [2.75, 3.05) is 19.8 Å². The Hall–Kier alpha value is -0.870. The molecule has 1 aromatic heterocycles. The van der Waals surface area contributed by atoms with Gasteiger partial charge in [0.05, 0.1) is 25.8 Å². The molecule has 1 amide bonds. The van der Waals surface area contributed by atoms with Crippen LogP contribution in [0, 0.1) is 3.70 Å². The van der Waals surface area contributed by atoms with Crippen molar-refractivity contribution >= 4 is 28.7 Å². The lowest BCUT2D eigenvalue weighted by Crippen LogP contribution is -2.40. The van der Waals surface area contributed by atoms with E-state index in [1.54, 1.807) is 4.90 Å². The Bertz CT molecular complexity index is 711. The van der Waals surface area contributed by atoms with E-state index in [1.807, 2.05) is 20.8 Å². The molecule has 1 aromatic rings. The molecule has 3 aliphatic rings. The average Bonchev–Trinajstić information content (AvgIpc) is 3.19. The number of nitrogens with zero attached hydrogens (tertiary/aromatic N) is 3. The van der Waals surface area contributed by atoms with Gasteiger partial charge in [0, 0.05) is 37.1 Å². The van der Waals surface area contributed by atoms with Gasteiger partial charge in [-0.25, -0.2) is 4.79 Å². The molecule has 2 fully saturated rings. The van der Waals surface area contributed by atoms with Crippen LogP contribution in [0.15, 0.2) is 0 Å². The lowest BCUT2D eigenvalue weighted by atomic mass is 9.89. The molecule has 27 heavy (non-hydrogen) atoms. The second-order valence-corrected chi connectivity index (χ2v) is 9.67. The summed E-state index contributed by atoms with van der Waals surface area (Å²) in [6, 6.07) is 0.383. The Kier molecular flexibility index (Phi) is 5.17. The van der Waals surface area contributed by atoms with Crippen LogP contribution in [0.2, 0.25) is 0 Å². The fourth-order valence-electron chi connectivity index (χ4n) is 4.26. The summed E-state index contributed by atoms with van der Waals surface area (Å²) in [5.74, 6) is -0.343. The molecule has 3 heterocycles. The second kappa shape index (κ2) is 7.18. The minimum Gasteiger partial charge on any atom is -0.444 e. The van der Waals surface area contributed by atoms with Crippen LogP contribution in [-0.2, 0) is 27.2 Å². The number of hydrogen-bond donors (Lipinski definition) is 0. The van der Waals surface area contributed by atoms with Gasteiger partial charge < -0.3 is 19.1 Å². The summed E-state index contributed by atoms with van der Waals surface area (Å²) < 4.78 is 20.4. The fraction of sp³-hybridized carbons (Fsp3) is 0.789. The number of carbonyl (C=O) groups excluding carboxylic acids is 1. The molecule has 1 saturated heterocycles. The van der Waals surface area contributed by atoms with Gasteiger partial charge in [-0.3, -0.25) is 4.68 Å². The van der Waals surface area contributed by atoms with Crippen molar-refractivity contribution in [1.29, 1.82) is 0 Å². The van der Waals surface area contributed by atoms with Crippen molar-refractivity contribution in [3.8, 4) is 0 Å². The third-order valence-corrected chi connectivity index (χ3v) is 6.43. The smallest absolute Gasteiger partial charge is 0.410 e. The van der Waals surface area contributed by atoms with Gasteiger partial charge in [0.25, 0.3) is 0 Å². The molecule has 0 radical (unpaired) electrons. The number of hydrogen-bond acceptors (Lipinski definition) is 5. The van der Waals surface area contributed by atoms with Crippen molar-refractivity contribution in [1.82, 2.24) is 14.7 Å². The van der Waals surface area contributed by atoms with Crippen molar-refractivity contribution in [3.05, 3.63) is 15.0 Å². The number of fused-ring (bicyclic) bond motifs is 1. The van der Waals surface area contributed by atoms with Crippen LogP contribution in [-0.4, -0.2) is 51.9 Å². The van der Waals surface area contributed by atoms with Crippen LogP contribution in [0.1, 0.15) is 63.8 Å². The zero-order valence-corrected chi connectivity index (χ0v) is 18.5. The monoisotopic (exact) mass is 489 g/mol. The van der Waals surface area contributed by atoms with E-state index in [4.69, 9.17) is 19.3 Å². The number of aromatic nitrogens is 2. The molecule has 1 spiro atoms. The maximum Gasteiger partial charge on any atom is 0.410 e. The Morgan fingerprint density at radius 2 is 1.93 bits per heavy atom. The second-order valence-electron chi connectivity index (χ2n) is 8.65. The first kappa shape index (κ1) is 19.4. The van der Waals surface area contributed by atoms with Crippen LogP contribution < -0.4 is 0 Å². The number of amides is 1. The van der Waals surface area contributed by atoms with Gasteiger partial charge in [-0.1, -0.05) is 0 Å². The Balaban J connectivity index is 1.46. The van der Waals surface area contributed by atoms with Crippen molar-refractivity contribution in [3.63, 3.8) is 0 Å². The van der Waals surface area contributed by atoms with Crippen molar-refractivity contribution in [2.45, 2.75) is 76.9 Å². The summed E-state index contributed by atoms with van der Waals surface area (Å²) in [6.07, 6.45) is 4.45. The van der Waals surface area contributed by atoms with E-state index in [1.165, 1.54) is 11.3 Å². The van der Waals surface area contributed by atoms with E-state index in [0.717, 1.165) is 35.8 Å². The normalized spacial score (nSPS) is 22.9. The van der Waals surface area contributed by atoms with Crippen LogP contribution in [0.5, 0.6) is 0 Å². The summed E-state index contributed by atoms with van der Waals surface area (Å²) >= 11 is 2.29. The highest BCUT2D eigenvalue weighted by Gasteiger charge is 2.42. The van der Waals surface area contributed by atoms with Crippen LogP contribution in [0.4, 0.5) is 4.79 Å². The standard InChI is InChI=1S/C19H28IN3O4/c1-18(2,3)27-17(24)22-9-6-15-14(12-22)16(20)21-23(15)13-4-7-19(8-5-13)25-10-11-26-19/h13H,4-12H2,1-3H3. The van der Waals surface area contributed by atoms with Crippen LogP contribution in [0.25, 0.3) is 0 Å². The lowest BCUT2D eigenvalue weighted by Gasteiger charge is -2.36. The predicted molar refractivity (Wildman–Crippen MR) is 107 cm³/mol. The topological polar surface area (TPSA) is 65.8 Å². The van der Waals surface area contributed by atoms with E-state index in [0.29, 0.717) is 32.3 Å². The molecule has 0 atom stereocenters. The van der Waals surface area contributed by atoms with Gasteiger partial charge >= 0.3 is 6.09 Å². The maximum absolute atomic E-state index is 12.4. The Morgan fingerprint density at radius 1 is 1.26 bits per heavy atom. The third-order valence-electron chi connectivity index (χ3n) is 5.56. The van der Waals surface area contributed by atoms with Crippen molar-refractivity contribution < 1.29 is 19.0 Å². The number of ether oxygens (including phenoxy) is 3. The molecule has 1 aliphatic carbocycles. The highest BCUT2D eigenvalue weighted by molar-refractivity contribution is 14.1. The molecule has 0 N–H and O–H groups in total. The molecule has 8 heteroatoms. The summed E-state index contributed by atoms with van der Waals surface area (Å²) in [6.45, 7) is 8.36. The quantitative estimate of drug-likeness (QED) is 0.564. The van der Waals surface area contributed by atoms with Gasteiger partial charge in [-0.15, -0.1) is 0 Å². The van der Waals surface area contributed by atoms with Crippen LogP contribution in [0.3, 0.4) is 0 Å². The number of halogens is 1. The minimum absolute atomic E-state index is 0.244. The molecular formula is C19H28IN3O4. The zero-order valence-electron chi connectivity index (χ0n) is 16.3. The zero-order chi connectivity index (χ0) is 19.2. The van der Waals surface area contributed by atoms with E-state index in [9.17, 15) is 4.79 Å². The highest BCUT2D eigenvalue weighted by atomic mass is 127. The first-order valence-corrected chi connectivity index (χ1v) is 10.9. The molecule has 7 nitrogen and oxygen atoms in total. The molecule has 0 unspecified atom stereocenters. The highest BCUT2D eigenvalue weighted by Crippen LogP contribution is 2.41. The van der Waals surface area contributed by atoms with E-state index >= 15 is 0 Å². The number of rotatable bonds is 1. The third kappa shape index (κ3) is 3.98. The first-order valence-electron chi connectivity index (χ1n) is 9.78. The summed E-state index contributed by atoms with van der Waals surface area (Å²) in [7, 11) is 0. The maximum atomic E-state index is 12.4. The molecule has 2 aliphatic heterocycles. The summed E-state index contributed by atoms with van der Waals surface area (Å²) in [4.78, 5) is 14.2. The molecule has 4 rings (SSSR count). The SMILES string of the molecule is CC(C)(C)OC(=O)N1CCc2c(c(I)nn2C2CCC3(CC2)OCCO3)C1. The summed E-state index contributed by atoms with van der Waals surface area (Å²) in [5.41, 5.74) is 1.96. The molecule has 1 saturated carbocycles. The van der Waals surface area contributed by atoms with Gasteiger partial charge in [0.15, 0.2) is 5.79 Å². The van der Waals surface area contributed by atoms with Gasteiger partial charge in [-0.05, 0) is 56.2 Å². The minimum atomic E-state index is -0.475. The number of carbonyl (C=O) groups is 1.